The van der Waals surface area contributed by atoms with Gasteiger partial charge in [0, 0.05) is 24.3 Å². The van der Waals surface area contributed by atoms with E-state index in [9.17, 15) is 9.59 Å². The van der Waals surface area contributed by atoms with Crippen LogP contribution in [0.4, 0.5) is 0 Å². The Bertz CT molecular complexity index is 580. The molecule has 0 aliphatic heterocycles. The highest BCUT2D eigenvalue weighted by Crippen LogP contribution is 2.64. The van der Waals surface area contributed by atoms with E-state index in [0.717, 1.165) is 38.5 Å². The number of nitrogens with two attached hydrogens (primary N) is 1. The first-order chi connectivity index (χ1) is 10.4. The molecule has 0 amide bonds. The van der Waals surface area contributed by atoms with Crippen molar-refractivity contribution in [3.8, 4) is 0 Å². The first kappa shape index (κ1) is 14.6. The molecule has 0 aromatic heterocycles. The minimum atomic E-state index is -0.0943. The van der Waals surface area contributed by atoms with E-state index < -0.39 is 0 Å². The van der Waals surface area contributed by atoms with Gasteiger partial charge in [-0.2, -0.15) is 0 Å². The Hall–Kier alpha value is -0.960. The number of rotatable bonds is 0. The summed E-state index contributed by atoms with van der Waals surface area (Å²) in [7, 11) is 0. The SMILES string of the molecule is C[C@]12CCC(=O)C=C1[C@@H](N)CC1C2CC[C@]2(C)C(=O)CCC12. The second-order valence-electron chi connectivity index (χ2n) is 8.62. The van der Waals surface area contributed by atoms with E-state index in [1.165, 1.54) is 5.57 Å². The zero-order valence-electron chi connectivity index (χ0n) is 13.7. The fraction of sp³-hybridized carbons (Fsp3) is 0.789. The third kappa shape index (κ3) is 1.72. The van der Waals surface area contributed by atoms with Crippen LogP contribution in [0.2, 0.25) is 0 Å². The van der Waals surface area contributed by atoms with E-state index in [4.69, 9.17) is 5.73 Å². The van der Waals surface area contributed by atoms with Crippen LogP contribution in [-0.4, -0.2) is 17.6 Å². The quantitative estimate of drug-likeness (QED) is 0.748. The van der Waals surface area contributed by atoms with Crippen molar-refractivity contribution in [1.29, 1.82) is 0 Å². The number of hydrogen-bond acceptors (Lipinski definition) is 3. The predicted molar refractivity (Wildman–Crippen MR) is 85.1 cm³/mol. The van der Waals surface area contributed by atoms with Crippen LogP contribution < -0.4 is 5.73 Å². The first-order valence-corrected chi connectivity index (χ1v) is 8.90. The van der Waals surface area contributed by atoms with Gasteiger partial charge in [0.15, 0.2) is 5.78 Å². The summed E-state index contributed by atoms with van der Waals surface area (Å²) in [4.78, 5) is 24.3. The molecule has 3 saturated carbocycles. The normalized spacial score (nSPS) is 51.0. The summed E-state index contributed by atoms with van der Waals surface area (Å²) in [5.41, 5.74) is 7.70. The minimum Gasteiger partial charge on any atom is -0.324 e. The summed E-state index contributed by atoms with van der Waals surface area (Å²) >= 11 is 0. The third-order valence-corrected chi connectivity index (χ3v) is 7.76. The van der Waals surface area contributed by atoms with Gasteiger partial charge in [-0.25, -0.2) is 0 Å². The molecule has 2 N–H and O–H groups in total. The summed E-state index contributed by atoms with van der Waals surface area (Å²) in [5, 5.41) is 0. The van der Waals surface area contributed by atoms with E-state index in [-0.39, 0.29) is 22.7 Å². The van der Waals surface area contributed by atoms with Crippen LogP contribution in [-0.2, 0) is 9.59 Å². The van der Waals surface area contributed by atoms with Gasteiger partial charge in [-0.3, -0.25) is 9.59 Å². The molecule has 4 rings (SSSR count). The monoisotopic (exact) mass is 301 g/mol. The summed E-state index contributed by atoms with van der Waals surface area (Å²) in [6, 6.07) is 0.00792. The average molecular weight is 301 g/mol. The predicted octanol–water partition coefficient (Wildman–Crippen LogP) is 3.02. The Balaban J connectivity index is 1.74. The number of hydrogen-bond donors (Lipinski definition) is 1. The van der Waals surface area contributed by atoms with Gasteiger partial charge < -0.3 is 5.73 Å². The van der Waals surface area contributed by atoms with Crippen LogP contribution in [0.5, 0.6) is 0 Å². The zero-order valence-corrected chi connectivity index (χ0v) is 13.7. The number of fused-ring (bicyclic) bond motifs is 5. The molecule has 0 aromatic rings. The Morgan fingerprint density at radius 3 is 2.55 bits per heavy atom. The highest BCUT2D eigenvalue weighted by atomic mass is 16.1. The Labute approximate surface area is 132 Å². The van der Waals surface area contributed by atoms with Crippen LogP contribution in [0.15, 0.2) is 11.6 Å². The molecule has 22 heavy (non-hydrogen) atoms. The van der Waals surface area contributed by atoms with E-state index in [0.29, 0.717) is 30.0 Å². The molecule has 120 valence electrons. The van der Waals surface area contributed by atoms with Crippen LogP contribution in [0, 0.1) is 28.6 Å². The van der Waals surface area contributed by atoms with Crippen LogP contribution in [0.3, 0.4) is 0 Å². The van der Waals surface area contributed by atoms with Crippen LogP contribution in [0.1, 0.15) is 58.8 Å². The minimum absolute atomic E-state index is 0.00792. The molecule has 6 atom stereocenters. The molecule has 0 saturated heterocycles. The van der Waals surface area contributed by atoms with Crippen molar-refractivity contribution in [2.24, 2.45) is 34.3 Å². The lowest BCUT2D eigenvalue weighted by atomic mass is 9.46. The van der Waals surface area contributed by atoms with Gasteiger partial charge >= 0.3 is 0 Å². The summed E-state index contributed by atoms with van der Waals surface area (Å²) < 4.78 is 0. The maximum Gasteiger partial charge on any atom is 0.155 e. The highest BCUT2D eigenvalue weighted by Gasteiger charge is 2.60. The molecule has 0 bridgehead atoms. The summed E-state index contributed by atoms with van der Waals surface area (Å²) in [6.07, 6.45) is 8.41. The van der Waals surface area contributed by atoms with Gasteiger partial charge in [-0.05, 0) is 66.9 Å². The fourth-order valence-electron chi connectivity index (χ4n) is 6.47. The second kappa shape index (κ2) is 4.53. The average Bonchev–Trinajstić information content (AvgIpc) is 2.77. The summed E-state index contributed by atoms with van der Waals surface area (Å²) in [6.45, 7) is 4.54. The lowest BCUT2D eigenvalue weighted by Crippen LogP contribution is -2.55. The Morgan fingerprint density at radius 2 is 1.77 bits per heavy atom. The largest absolute Gasteiger partial charge is 0.324 e. The van der Waals surface area contributed by atoms with Crippen molar-refractivity contribution in [1.82, 2.24) is 0 Å². The number of ketones is 2. The fourth-order valence-corrected chi connectivity index (χ4v) is 6.47. The van der Waals surface area contributed by atoms with Crippen molar-refractivity contribution < 1.29 is 9.59 Å². The third-order valence-electron chi connectivity index (χ3n) is 7.76. The highest BCUT2D eigenvalue weighted by molar-refractivity contribution is 5.92. The van der Waals surface area contributed by atoms with E-state index in [1.54, 1.807) is 0 Å². The van der Waals surface area contributed by atoms with Crippen LogP contribution >= 0.6 is 0 Å². The van der Waals surface area contributed by atoms with E-state index in [1.807, 2.05) is 6.08 Å². The molecular formula is C19H27NO2. The number of carbonyl (C=O) groups excluding carboxylic acids is 2. The molecule has 3 unspecified atom stereocenters. The van der Waals surface area contributed by atoms with Crippen molar-refractivity contribution >= 4 is 11.6 Å². The molecule has 0 aromatic carbocycles. The van der Waals surface area contributed by atoms with Crippen molar-refractivity contribution in [3.05, 3.63) is 11.6 Å². The topological polar surface area (TPSA) is 60.2 Å². The van der Waals surface area contributed by atoms with E-state index in [2.05, 4.69) is 13.8 Å². The molecule has 4 aliphatic carbocycles. The van der Waals surface area contributed by atoms with Gasteiger partial charge in [-0.15, -0.1) is 0 Å². The van der Waals surface area contributed by atoms with Gasteiger partial charge in [0.1, 0.15) is 5.78 Å². The van der Waals surface area contributed by atoms with E-state index >= 15 is 0 Å². The molecule has 0 heterocycles. The maximum absolute atomic E-state index is 12.4. The zero-order chi connectivity index (χ0) is 15.7. The van der Waals surface area contributed by atoms with Crippen LogP contribution in [0.25, 0.3) is 0 Å². The lowest BCUT2D eigenvalue weighted by Gasteiger charge is -2.58. The molecule has 4 aliphatic rings. The molecule has 3 fully saturated rings. The first-order valence-electron chi connectivity index (χ1n) is 8.90. The molecular weight excluding hydrogens is 274 g/mol. The Morgan fingerprint density at radius 1 is 1.05 bits per heavy atom. The van der Waals surface area contributed by atoms with Gasteiger partial charge in [0.05, 0.1) is 0 Å². The standard InChI is InChI=1S/C19H27NO2/c1-18-7-5-11(21)9-15(18)16(20)10-12-13-3-4-17(22)19(13,2)8-6-14(12)18/h9,12-14,16H,3-8,10,20H2,1-2H3/t12?,13?,14?,16-,18+,19-/m0/s1. The second-order valence-corrected chi connectivity index (χ2v) is 8.62. The maximum atomic E-state index is 12.4. The smallest absolute Gasteiger partial charge is 0.155 e. The molecule has 3 heteroatoms. The van der Waals surface area contributed by atoms with Gasteiger partial charge in [0.2, 0.25) is 0 Å². The van der Waals surface area contributed by atoms with Crippen molar-refractivity contribution in [2.45, 2.75) is 64.8 Å². The van der Waals surface area contributed by atoms with Gasteiger partial charge in [0.25, 0.3) is 0 Å². The molecule has 0 spiro atoms. The van der Waals surface area contributed by atoms with Crippen molar-refractivity contribution in [3.63, 3.8) is 0 Å². The Kier molecular flexibility index (Phi) is 3.01. The molecule has 0 radical (unpaired) electrons. The lowest BCUT2D eigenvalue weighted by molar-refractivity contribution is -0.132. The summed E-state index contributed by atoms with van der Waals surface area (Å²) in [5.74, 6) is 2.42. The van der Waals surface area contributed by atoms with Gasteiger partial charge in [-0.1, -0.05) is 13.8 Å². The number of carbonyl (C=O) groups is 2. The molecule has 3 nitrogen and oxygen atoms in total. The number of Topliss-reactive ketones (excluding diaryl/α,β-unsaturated/α-hetero) is 1. The van der Waals surface area contributed by atoms with Crippen molar-refractivity contribution in [2.75, 3.05) is 0 Å².